The SMILES string of the molecule is CCCC1(N)CN(CCS(=O)(=O)CCC)C1. The summed E-state index contributed by atoms with van der Waals surface area (Å²) in [6.45, 7) is 6.37. The zero-order valence-corrected chi connectivity index (χ0v) is 11.2. The first kappa shape index (κ1) is 13.9. The predicted molar refractivity (Wildman–Crippen MR) is 67.2 cm³/mol. The van der Waals surface area contributed by atoms with Crippen LogP contribution in [0.2, 0.25) is 0 Å². The standard InChI is InChI=1S/C11H24N2O2S/c1-3-5-11(12)9-13(10-11)6-8-16(14,15)7-4-2/h3-10,12H2,1-2H3. The monoisotopic (exact) mass is 248 g/mol. The van der Waals surface area contributed by atoms with E-state index in [1.807, 2.05) is 6.92 Å². The van der Waals surface area contributed by atoms with Crippen molar-refractivity contribution >= 4 is 9.84 Å². The van der Waals surface area contributed by atoms with E-state index in [-0.39, 0.29) is 11.3 Å². The summed E-state index contributed by atoms with van der Waals surface area (Å²) in [6, 6.07) is 0. The van der Waals surface area contributed by atoms with Crippen LogP contribution in [0.3, 0.4) is 0 Å². The molecule has 0 radical (unpaired) electrons. The van der Waals surface area contributed by atoms with Gasteiger partial charge in [-0.05, 0) is 12.8 Å². The Balaban J connectivity index is 2.23. The predicted octanol–water partition coefficient (Wildman–Crippen LogP) is 0.624. The molecule has 1 saturated heterocycles. The van der Waals surface area contributed by atoms with E-state index < -0.39 is 9.84 Å². The fourth-order valence-electron chi connectivity index (χ4n) is 2.34. The Morgan fingerprint density at radius 2 is 1.81 bits per heavy atom. The molecule has 1 heterocycles. The highest BCUT2D eigenvalue weighted by molar-refractivity contribution is 7.91. The summed E-state index contributed by atoms with van der Waals surface area (Å²) in [5.41, 5.74) is 6.06. The van der Waals surface area contributed by atoms with Crippen molar-refractivity contribution in [2.24, 2.45) is 5.73 Å². The fourth-order valence-corrected chi connectivity index (χ4v) is 3.70. The lowest BCUT2D eigenvalue weighted by Crippen LogP contribution is -2.67. The van der Waals surface area contributed by atoms with E-state index in [9.17, 15) is 8.42 Å². The van der Waals surface area contributed by atoms with E-state index in [1.165, 1.54) is 0 Å². The van der Waals surface area contributed by atoms with Crippen molar-refractivity contribution in [2.75, 3.05) is 31.1 Å². The Bertz CT molecular complexity index is 308. The van der Waals surface area contributed by atoms with Crippen LogP contribution in [0.4, 0.5) is 0 Å². The normalized spacial score (nSPS) is 20.7. The molecule has 0 aliphatic carbocycles. The van der Waals surface area contributed by atoms with Crippen LogP contribution in [0, 0.1) is 0 Å². The van der Waals surface area contributed by atoms with Crippen molar-refractivity contribution < 1.29 is 8.42 Å². The van der Waals surface area contributed by atoms with Crippen LogP contribution in [-0.4, -0.2) is 50.0 Å². The quantitative estimate of drug-likeness (QED) is 0.717. The van der Waals surface area contributed by atoms with E-state index >= 15 is 0 Å². The van der Waals surface area contributed by atoms with E-state index in [0.717, 1.165) is 25.9 Å². The highest BCUT2D eigenvalue weighted by atomic mass is 32.2. The number of rotatable bonds is 7. The van der Waals surface area contributed by atoms with Crippen molar-refractivity contribution in [3.63, 3.8) is 0 Å². The zero-order valence-electron chi connectivity index (χ0n) is 10.4. The Labute approximate surface area is 99.1 Å². The van der Waals surface area contributed by atoms with Gasteiger partial charge in [0.2, 0.25) is 0 Å². The highest BCUT2D eigenvalue weighted by Crippen LogP contribution is 2.22. The van der Waals surface area contributed by atoms with E-state index in [1.54, 1.807) is 0 Å². The molecule has 1 rings (SSSR count). The minimum atomic E-state index is -2.83. The first-order chi connectivity index (χ1) is 7.41. The molecule has 1 aliphatic heterocycles. The molecule has 0 unspecified atom stereocenters. The Hall–Kier alpha value is -0.130. The fraction of sp³-hybridized carbons (Fsp3) is 1.00. The van der Waals surface area contributed by atoms with Crippen LogP contribution in [-0.2, 0) is 9.84 Å². The van der Waals surface area contributed by atoms with Gasteiger partial charge < -0.3 is 5.73 Å². The smallest absolute Gasteiger partial charge is 0.151 e. The molecule has 1 fully saturated rings. The van der Waals surface area contributed by atoms with Crippen molar-refractivity contribution in [3.05, 3.63) is 0 Å². The molecular weight excluding hydrogens is 224 g/mol. The summed E-state index contributed by atoms with van der Waals surface area (Å²) in [7, 11) is -2.83. The van der Waals surface area contributed by atoms with Crippen molar-refractivity contribution in [2.45, 2.75) is 38.6 Å². The first-order valence-electron chi connectivity index (χ1n) is 6.12. The number of likely N-dealkylation sites (tertiary alicyclic amines) is 1. The molecule has 0 aromatic carbocycles. The van der Waals surface area contributed by atoms with E-state index in [2.05, 4.69) is 11.8 Å². The van der Waals surface area contributed by atoms with Gasteiger partial charge in [-0.15, -0.1) is 0 Å². The topological polar surface area (TPSA) is 63.4 Å². The molecule has 2 N–H and O–H groups in total. The van der Waals surface area contributed by atoms with Gasteiger partial charge >= 0.3 is 0 Å². The molecule has 0 spiro atoms. The molecule has 96 valence electrons. The summed E-state index contributed by atoms with van der Waals surface area (Å²) >= 11 is 0. The van der Waals surface area contributed by atoms with Gasteiger partial charge in [0.15, 0.2) is 9.84 Å². The molecule has 0 bridgehead atoms. The molecule has 0 aromatic heterocycles. The summed E-state index contributed by atoms with van der Waals surface area (Å²) < 4.78 is 23.0. The van der Waals surface area contributed by atoms with E-state index in [4.69, 9.17) is 5.73 Å². The Morgan fingerprint density at radius 1 is 1.19 bits per heavy atom. The summed E-state index contributed by atoms with van der Waals surface area (Å²) in [6.07, 6.45) is 2.84. The van der Waals surface area contributed by atoms with Gasteiger partial charge in [-0.3, -0.25) is 4.90 Å². The number of hydrogen-bond donors (Lipinski definition) is 1. The van der Waals surface area contributed by atoms with Gasteiger partial charge in [-0.2, -0.15) is 0 Å². The summed E-state index contributed by atoms with van der Waals surface area (Å²) in [4.78, 5) is 2.14. The maximum Gasteiger partial charge on any atom is 0.151 e. The summed E-state index contributed by atoms with van der Waals surface area (Å²) in [5, 5.41) is 0. The van der Waals surface area contributed by atoms with Crippen molar-refractivity contribution in [1.82, 2.24) is 4.90 Å². The molecule has 16 heavy (non-hydrogen) atoms. The van der Waals surface area contributed by atoms with Gasteiger partial charge in [0.25, 0.3) is 0 Å². The van der Waals surface area contributed by atoms with Crippen LogP contribution in [0.5, 0.6) is 0 Å². The lowest BCUT2D eigenvalue weighted by atomic mass is 9.86. The third-order valence-corrected chi connectivity index (χ3v) is 4.89. The van der Waals surface area contributed by atoms with Crippen LogP contribution in [0.25, 0.3) is 0 Å². The van der Waals surface area contributed by atoms with Crippen LogP contribution < -0.4 is 5.73 Å². The second-order valence-corrected chi connectivity index (χ2v) is 7.28. The molecular formula is C11H24N2O2S. The molecule has 0 saturated carbocycles. The van der Waals surface area contributed by atoms with Gasteiger partial charge in [0.1, 0.15) is 0 Å². The molecule has 0 atom stereocenters. The Kier molecular flexibility index (Phi) is 4.76. The molecule has 5 heteroatoms. The average molecular weight is 248 g/mol. The molecule has 0 aromatic rings. The molecule has 0 amide bonds. The third-order valence-electron chi connectivity index (χ3n) is 3.06. The van der Waals surface area contributed by atoms with Crippen LogP contribution in [0.1, 0.15) is 33.1 Å². The second kappa shape index (κ2) is 5.47. The van der Waals surface area contributed by atoms with Crippen molar-refractivity contribution in [1.29, 1.82) is 0 Å². The second-order valence-electron chi connectivity index (χ2n) is 4.97. The van der Waals surface area contributed by atoms with Crippen molar-refractivity contribution in [3.8, 4) is 0 Å². The van der Waals surface area contributed by atoms with Gasteiger partial charge in [-0.1, -0.05) is 20.3 Å². The number of nitrogens with two attached hydrogens (primary N) is 1. The summed E-state index contributed by atoms with van der Waals surface area (Å²) in [5.74, 6) is 0.590. The third kappa shape index (κ3) is 4.03. The minimum Gasteiger partial charge on any atom is -0.323 e. The Morgan fingerprint density at radius 3 is 2.31 bits per heavy atom. The number of sulfone groups is 1. The van der Waals surface area contributed by atoms with E-state index in [0.29, 0.717) is 18.7 Å². The largest absolute Gasteiger partial charge is 0.323 e. The molecule has 1 aliphatic rings. The number of nitrogens with zero attached hydrogens (tertiary/aromatic N) is 1. The van der Waals surface area contributed by atoms with Gasteiger partial charge in [0.05, 0.1) is 5.75 Å². The highest BCUT2D eigenvalue weighted by Gasteiger charge is 2.38. The first-order valence-corrected chi connectivity index (χ1v) is 7.94. The van der Waals surface area contributed by atoms with Gasteiger partial charge in [-0.25, -0.2) is 8.42 Å². The average Bonchev–Trinajstić information content (AvgIpc) is 2.12. The van der Waals surface area contributed by atoms with Crippen LogP contribution in [0.15, 0.2) is 0 Å². The number of hydrogen-bond acceptors (Lipinski definition) is 4. The zero-order chi connectivity index (χ0) is 12.2. The maximum atomic E-state index is 11.5. The lowest BCUT2D eigenvalue weighted by molar-refractivity contribution is 0.0703. The van der Waals surface area contributed by atoms with Crippen LogP contribution >= 0.6 is 0 Å². The minimum absolute atomic E-state index is 0.0523. The van der Waals surface area contributed by atoms with Gasteiger partial charge in [0, 0.05) is 30.9 Å². The maximum absolute atomic E-state index is 11.5. The molecule has 4 nitrogen and oxygen atoms in total. The lowest BCUT2D eigenvalue weighted by Gasteiger charge is -2.48.